The third-order valence-corrected chi connectivity index (χ3v) is 5.01. The van der Waals surface area contributed by atoms with Crippen molar-refractivity contribution in [2.75, 3.05) is 5.73 Å². The van der Waals surface area contributed by atoms with Crippen molar-refractivity contribution < 1.29 is 0 Å². The zero-order valence-electron chi connectivity index (χ0n) is 11.3. The van der Waals surface area contributed by atoms with Crippen LogP contribution in [0.25, 0.3) is 10.2 Å². The van der Waals surface area contributed by atoms with Crippen molar-refractivity contribution in [3.8, 4) is 0 Å². The lowest BCUT2D eigenvalue weighted by atomic mass is 10.1. The molecule has 0 spiro atoms. The number of hydrogen-bond donors (Lipinski definition) is 1. The highest BCUT2D eigenvalue weighted by molar-refractivity contribution is 9.10. The van der Waals surface area contributed by atoms with Gasteiger partial charge in [0.1, 0.15) is 16.5 Å². The SMILES string of the molecule is Cc1sc2nc(Cc3ccc(Br)cc3)nc(N)c2c1C. The van der Waals surface area contributed by atoms with Gasteiger partial charge in [-0.3, -0.25) is 0 Å². The van der Waals surface area contributed by atoms with Crippen molar-refractivity contribution in [3.05, 3.63) is 50.6 Å². The third kappa shape index (κ3) is 2.43. The highest BCUT2D eigenvalue weighted by Crippen LogP contribution is 2.32. The van der Waals surface area contributed by atoms with Gasteiger partial charge in [-0.2, -0.15) is 0 Å². The molecule has 3 rings (SSSR count). The van der Waals surface area contributed by atoms with Gasteiger partial charge in [0.05, 0.1) is 5.39 Å². The molecule has 0 aliphatic carbocycles. The molecular formula is C15H14BrN3S. The lowest BCUT2D eigenvalue weighted by Crippen LogP contribution is -2.01. The number of fused-ring (bicyclic) bond motifs is 1. The first-order valence-electron chi connectivity index (χ1n) is 6.31. The Balaban J connectivity index is 2.02. The Kier molecular flexibility index (Phi) is 3.48. The normalized spacial score (nSPS) is 11.2. The molecule has 0 amide bonds. The van der Waals surface area contributed by atoms with Crippen molar-refractivity contribution in [1.29, 1.82) is 0 Å². The minimum absolute atomic E-state index is 0.587. The highest BCUT2D eigenvalue weighted by Gasteiger charge is 2.12. The monoisotopic (exact) mass is 347 g/mol. The number of nitrogen functional groups attached to an aromatic ring is 1. The second-order valence-corrected chi connectivity index (χ2v) is 6.91. The van der Waals surface area contributed by atoms with Gasteiger partial charge in [0.2, 0.25) is 0 Å². The number of aromatic nitrogens is 2. The molecule has 2 heterocycles. The summed E-state index contributed by atoms with van der Waals surface area (Å²) in [6, 6.07) is 8.19. The second-order valence-electron chi connectivity index (χ2n) is 4.79. The summed E-state index contributed by atoms with van der Waals surface area (Å²) in [4.78, 5) is 11.3. The van der Waals surface area contributed by atoms with Crippen molar-refractivity contribution in [2.24, 2.45) is 0 Å². The van der Waals surface area contributed by atoms with Crippen molar-refractivity contribution >= 4 is 43.3 Å². The summed E-state index contributed by atoms with van der Waals surface area (Å²) in [5.41, 5.74) is 8.47. The van der Waals surface area contributed by atoms with Gasteiger partial charge in [0, 0.05) is 15.8 Å². The molecule has 0 atom stereocenters. The molecule has 1 aromatic carbocycles. The maximum Gasteiger partial charge on any atom is 0.136 e. The Bertz CT molecular complexity index is 778. The number of benzene rings is 1. The minimum atomic E-state index is 0.587. The van der Waals surface area contributed by atoms with Gasteiger partial charge in [-0.1, -0.05) is 28.1 Å². The molecule has 0 saturated heterocycles. The molecule has 0 saturated carbocycles. The van der Waals surface area contributed by atoms with E-state index in [4.69, 9.17) is 5.73 Å². The molecule has 20 heavy (non-hydrogen) atoms. The second kappa shape index (κ2) is 5.14. The highest BCUT2D eigenvalue weighted by atomic mass is 79.9. The number of halogens is 1. The molecule has 0 fully saturated rings. The predicted octanol–water partition coefficient (Wildman–Crippen LogP) is 4.24. The Morgan fingerprint density at radius 2 is 1.85 bits per heavy atom. The van der Waals surface area contributed by atoms with E-state index in [1.807, 2.05) is 12.1 Å². The Morgan fingerprint density at radius 1 is 1.15 bits per heavy atom. The van der Waals surface area contributed by atoms with Gasteiger partial charge in [0.25, 0.3) is 0 Å². The molecule has 0 bridgehead atoms. The summed E-state index contributed by atoms with van der Waals surface area (Å²) in [5.74, 6) is 1.36. The summed E-state index contributed by atoms with van der Waals surface area (Å²) in [6.07, 6.45) is 0.698. The van der Waals surface area contributed by atoms with Crippen LogP contribution in [0.2, 0.25) is 0 Å². The van der Waals surface area contributed by atoms with Gasteiger partial charge in [0.15, 0.2) is 0 Å². The molecule has 0 aliphatic heterocycles. The van der Waals surface area contributed by atoms with E-state index in [2.05, 4.69) is 51.9 Å². The topological polar surface area (TPSA) is 51.8 Å². The molecule has 0 unspecified atom stereocenters. The van der Waals surface area contributed by atoms with Crippen LogP contribution in [0.3, 0.4) is 0 Å². The first-order chi connectivity index (χ1) is 9.54. The molecule has 3 aromatic rings. The average molecular weight is 348 g/mol. The van der Waals surface area contributed by atoms with Gasteiger partial charge in [-0.25, -0.2) is 9.97 Å². The minimum Gasteiger partial charge on any atom is -0.383 e. The van der Waals surface area contributed by atoms with E-state index in [1.54, 1.807) is 11.3 Å². The lowest BCUT2D eigenvalue weighted by Gasteiger charge is -2.04. The maximum atomic E-state index is 6.10. The number of hydrogen-bond acceptors (Lipinski definition) is 4. The fraction of sp³-hybridized carbons (Fsp3) is 0.200. The molecule has 0 radical (unpaired) electrons. The van der Waals surface area contributed by atoms with Crippen LogP contribution in [0.15, 0.2) is 28.7 Å². The smallest absolute Gasteiger partial charge is 0.136 e. The third-order valence-electron chi connectivity index (χ3n) is 3.38. The van der Waals surface area contributed by atoms with E-state index in [1.165, 1.54) is 16.0 Å². The number of nitrogens with zero attached hydrogens (tertiary/aromatic N) is 2. The maximum absolute atomic E-state index is 6.10. The number of anilines is 1. The van der Waals surface area contributed by atoms with Crippen LogP contribution in [-0.2, 0) is 6.42 Å². The zero-order chi connectivity index (χ0) is 14.3. The number of nitrogens with two attached hydrogens (primary N) is 1. The molecular weight excluding hydrogens is 334 g/mol. The average Bonchev–Trinajstić information content (AvgIpc) is 2.68. The van der Waals surface area contributed by atoms with E-state index in [-0.39, 0.29) is 0 Å². The van der Waals surface area contributed by atoms with E-state index in [0.29, 0.717) is 12.2 Å². The summed E-state index contributed by atoms with van der Waals surface area (Å²) in [7, 11) is 0. The van der Waals surface area contributed by atoms with Crippen LogP contribution in [0, 0.1) is 13.8 Å². The molecule has 2 N–H and O–H groups in total. The lowest BCUT2D eigenvalue weighted by molar-refractivity contribution is 1.00. The van der Waals surface area contributed by atoms with Crippen LogP contribution in [-0.4, -0.2) is 9.97 Å². The summed E-state index contributed by atoms with van der Waals surface area (Å²) < 4.78 is 1.07. The van der Waals surface area contributed by atoms with E-state index in [0.717, 1.165) is 20.5 Å². The van der Waals surface area contributed by atoms with Gasteiger partial charge in [-0.15, -0.1) is 11.3 Å². The first kappa shape index (κ1) is 13.5. The fourth-order valence-corrected chi connectivity index (χ4v) is 3.51. The molecule has 3 nitrogen and oxygen atoms in total. The number of thiophene rings is 1. The number of rotatable bonds is 2. The molecule has 5 heteroatoms. The van der Waals surface area contributed by atoms with Crippen molar-refractivity contribution in [2.45, 2.75) is 20.3 Å². The molecule has 0 aliphatic rings. The Morgan fingerprint density at radius 3 is 2.55 bits per heavy atom. The first-order valence-corrected chi connectivity index (χ1v) is 7.92. The van der Waals surface area contributed by atoms with Crippen LogP contribution in [0.5, 0.6) is 0 Å². The standard InChI is InChI=1S/C15H14BrN3S/c1-8-9(2)20-15-13(8)14(17)18-12(19-15)7-10-3-5-11(16)6-4-10/h3-6H,7H2,1-2H3,(H2,17,18,19). The predicted molar refractivity (Wildman–Crippen MR) is 88.2 cm³/mol. The van der Waals surface area contributed by atoms with Crippen LogP contribution in [0.4, 0.5) is 5.82 Å². The fourth-order valence-electron chi connectivity index (χ4n) is 2.19. The zero-order valence-corrected chi connectivity index (χ0v) is 13.7. The largest absolute Gasteiger partial charge is 0.383 e. The van der Waals surface area contributed by atoms with Crippen LogP contribution >= 0.6 is 27.3 Å². The summed E-state index contributed by atoms with van der Waals surface area (Å²) in [6.45, 7) is 4.16. The van der Waals surface area contributed by atoms with Gasteiger partial charge < -0.3 is 5.73 Å². The molecule has 2 aromatic heterocycles. The summed E-state index contributed by atoms with van der Waals surface area (Å²) in [5, 5.41) is 1.01. The Labute approximate surface area is 130 Å². The van der Waals surface area contributed by atoms with Gasteiger partial charge >= 0.3 is 0 Å². The van der Waals surface area contributed by atoms with Crippen LogP contribution in [0.1, 0.15) is 21.8 Å². The number of aryl methyl sites for hydroxylation is 2. The van der Waals surface area contributed by atoms with Crippen molar-refractivity contribution in [3.63, 3.8) is 0 Å². The van der Waals surface area contributed by atoms with E-state index >= 15 is 0 Å². The van der Waals surface area contributed by atoms with Gasteiger partial charge in [-0.05, 0) is 37.1 Å². The van der Waals surface area contributed by atoms with E-state index in [9.17, 15) is 0 Å². The van der Waals surface area contributed by atoms with Crippen LogP contribution < -0.4 is 5.73 Å². The van der Waals surface area contributed by atoms with E-state index < -0.39 is 0 Å². The Hall–Kier alpha value is -1.46. The quantitative estimate of drug-likeness (QED) is 0.753. The molecule has 102 valence electrons. The van der Waals surface area contributed by atoms with Crippen molar-refractivity contribution in [1.82, 2.24) is 9.97 Å². The summed E-state index contributed by atoms with van der Waals surface area (Å²) >= 11 is 5.12.